The first kappa shape index (κ1) is 11.8. The summed E-state index contributed by atoms with van der Waals surface area (Å²) in [5, 5.41) is 7.95. The van der Waals surface area contributed by atoms with E-state index in [4.69, 9.17) is 5.26 Å². The first-order chi connectivity index (χ1) is 7.96. The summed E-state index contributed by atoms with van der Waals surface area (Å²) in [5.41, 5.74) is -0.370. The van der Waals surface area contributed by atoms with Gasteiger partial charge in [-0.1, -0.05) is 17.7 Å². The van der Waals surface area contributed by atoms with Gasteiger partial charge in [0, 0.05) is 0 Å². The van der Waals surface area contributed by atoms with Crippen molar-refractivity contribution in [3.63, 3.8) is 0 Å². The van der Waals surface area contributed by atoms with Crippen molar-refractivity contribution in [2.45, 2.75) is 23.5 Å². The van der Waals surface area contributed by atoms with Crippen LogP contribution in [0.1, 0.15) is 12.0 Å². The summed E-state index contributed by atoms with van der Waals surface area (Å²) in [6.07, 6.45) is 0.548. The van der Waals surface area contributed by atoms with Crippen LogP contribution in [-0.2, 0) is 14.6 Å². The van der Waals surface area contributed by atoms with Gasteiger partial charge < -0.3 is 4.79 Å². The molecular weight excluding hydrogens is 238 g/mol. The number of carbonyl (C=O) groups excluding carboxylic acids is 1. The SMILES string of the molecule is Cc1ccc(S(=O)(=O)[C@@H]2C[C@]2(C#N)C=O)cc1. The van der Waals surface area contributed by atoms with E-state index in [1.54, 1.807) is 18.2 Å². The van der Waals surface area contributed by atoms with Gasteiger partial charge in [-0.15, -0.1) is 0 Å². The second-order valence-corrected chi connectivity index (χ2v) is 6.45. The summed E-state index contributed by atoms with van der Waals surface area (Å²) in [5.74, 6) is 0. The zero-order valence-corrected chi connectivity index (χ0v) is 10.1. The first-order valence-corrected chi connectivity index (χ1v) is 6.69. The fourth-order valence-electron chi connectivity index (χ4n) is 1.79. The average molecular weight is 249 g/mol. The molecule has 2 atom stereocenters. The number of aryl methyl sites for hydroxylation is 1. The van der Waals surface area contributed by atoms with Crippen LogP contribution in [-0.4, -0.2) is 20.0 Å². The molecule has 1 saturated carbocycles. The van der Waals surface area contributed by atoms with Gasteiger partial charge in [0.2, 0.25) is 0 Å². The normalized spacial score (nSPS) is 27.2. The molecule has 1 aromatic carbocycles. The van der Waals surface area contributed by atoms with Crippen LogP contribution in [0.5, 0.6) is 0 Å². The number of carbonyl (C=O) groups is 1. The standard InChI is InChI=1S/C12H11NO3S/c1-9-2-4-10(5-3-9)17(15,16)11-6-12(11,7-13)8-14/h2-5,8,11H,6H2,1H3/t11-,12+/m1/s1. The lowest BCUT2D eigenvalue weighted by molar-refractivity contribution is -0.110. The van der Waals surface area contributed by atoms with Gasteiger partial charge in [-0.05, 0) is 25.5 Å². The van der Waals surface area contributed by atoms with Crippen molar-refractivity contribution in [2.75, 3.05) is 0 Å². The Hall–Kier alpha value is -1.67. The van der Waals surface area contributed by atoms with Crippen molar-refractivity contribution in [2.24, 2.45) is 5.41 Å². The van der Waals surface area contributed by atoms with E-state index in [0.717, 1.165) is 5.56 Å². The van der Waals surface area contributed by atoms with E-state index in [0.29, 0.717) is 6.29 Å². The van der Waals surface area contributed by atoms with Gasteiger partial charge in [0.05, 0.1) is 16.2 Å². The second kappa shape index (κ2) is 3.67. The number of nitriles is 1. The maximum Gasteiger partial charge on any atom is 0.183 e. The molecule has 1 aromatic rings. The highest BCUT2D eigenvalue weighted by Gasteiger charge is 2.62. The van der Waals surface area contributed by atoms with Crippen LogP contribution >= 0.6 is 0 Å². The van der Waals surface area contributed by atoms with Crippen LogP contribution in [0.25, 0.3) is 0 Å². The Balaban J connectivity index is 2.38. The zero-order chi connectivity index (χ0) is 12.7. The van der Waals surface area contributed by atoms with Crippen molar-refractivity contribution in [3.05, 3.63) is 29.8 Å². The molecule has 0 radical (unpaired) electrons. The third kappa shape index (κ3) is 1.75. The molecule has 17 heavy (non-hydrogen) atoms. The van der Waals surface area contributed by atoms with Crippen molar-refractivity contribution in [3.8, 4) is 6.07 Å². The summed E-state index contributed by atoms with van der Waals surface area (Å²) in [4.78, 5) is 10.9. The maximum absolute atomic E-state index is 12.1. The van der Waals surface area contributed by atoms with Gasteiger partial charge in [-0.2, -0.15) is 5.26 Å². The molecule has 0 heterocycles. The van der Waals surface area contributed by atoms with Crippen LogP contribution in [0.3, 0.4) is 0 Å². The Bertz CT molecular complexity index is 598. The van der Waals surface area contributed by atoms with Gasteiger partial charge in [-0.3, -0.25) is 0 Å². The van der Waals surface area contributed by atoms with E-state index in [1.807, 2.05) is 6.92 Å². The maximum atomic E-state index is 12.1. The van der Waals surface area contributed by atoms with Crippen molar-refractivity contribution in [1.82, 2.24) is 0 Å². The van der Waals surface area contributed by atoms with Crippen LogP contribution in [0.15, 0.2) is 29.2 Å². The number of benzene rings is 1. The largest absolute Gasteiger partial charge is 0.302 e. The van der Waals surface area contributed by atoms with E-state index in [1.165, 1.54) is 12.1 Å². The minimum absolute atomic E-state index is 0.100. The molecule has 0 N–H and O–H groups in total. The van der Waals surface area contributed by atoms with Gasteiger partial charge in [0.25, 0.3) is 0 Å². The molecule has 0 amide bonds. The highest BCUT2D eigenvalue weighted by molar-refractivity contribution is 7.92. The third-order valence-electron chi connectivity index (χ3n) is 3.08. The van der Waals surface area contributed by atoms with Crippen LogP contribution in [0.2, 0.25) is 0 Å². The topological polar surface area (TPSA) is 75.0 Å². The Labute approximate surface area is 99.8 Å². The molecule has 0 saturated heterocycles. The Morgan fingerprint density at radius 3 is 2.41 bits per heavy atom. The Morgan fingerprint density at radius 1 is 1.41 bits per heavy atom. The number of aldehydes is 1. The fraction of sp³-hybridized carbons (Fsp3) is 0.333. The fourth-order valence-corrected chi connectivity index (χ4v) is 3.80. The monoisotopic (exact) mass is 249 g/mol. The summed E-state index contributed by atoms with van der Waals surface area (Å²) >= 11 is 0. The first-order valence-electron chi connectivity index (χ1n) is 5.14. The molecule has 88 valence electrons. The molecule has 0 spiro atoms. The zero-order valence-electron chi connectivity index (χ0n) is 9.25. The van der Waals surface area contributed by atoms with Crippen LogP contribution < -0.4 is 0 Å². The molecule has 1 fully saturated rings. The number of sulfone groups is 1. The van der Waals surface area contributed by atoms with Crippen molar-refractivity contribution >= 4 is 16.1 Å². The lowest BCUT2D eigenvalue weighted by Crippen LogP contribution is -2.16. The average Bonchev–Trinajstić information content (AvgIpc) is 3.06. The molecule has 4 nitrogen and oxygen atoms in total. The Morgan fingerprint density at radius 2 is 2.00 bits per heavy atom. The quantitative estimate of drug-likeness (QED) is 0.755. The number of hydrogen-bond acceptors (Lipinski definition) is 4. The minimum Gasteiger partial charge on any atom is -0.302 e. The number of hydrogen-bond donors (Lipinski definition) is 0. The molecule has 0 aliphatic heterocycles. The highest BCUT2D eigenvalue weighted by Crippen LogP contribution is 2.50. The predicted molar refractivity (Wildman–Crippen MR) is 60.9 cm³/mol. The van der Waals surface area contributed by atoms with Crippen LogP contribution in [0, 0.1) is 23.7 Å². The second-order valence-electron chi connectivity index (χ2n) is 4.32. The lowest BCUT2D eigenvalue weighted by Gasteiger charge is -2.04. The van der Waals surface area contributed by atoms with Gasteiger partial charge >= 0.3 is 0 Å². The van der Waals surface area contributed by atoms with Gasteiger partial charge in [0.15, 0.2) is 9.84 Å². The van der Waals surface area contributed by atoms with E-state index < -0.39 is 20.5 Å². The summed E-state index contributed by atoms with van der Waals surface area (Å²) in [6.45, 7) is 1.86. The molecule has 0 bridgehead atoms. The van der Waals surface area contributed by atoms with Crippen molar-refractivity contribution < 1.29 is 13.2 Å². The smallest absolute Gasteiger partial charge is 0.183 e. The highest BCUT2D eigenvalue weighted by atomic mass is 32.2. The minimum atomic E-state index is -3.57. The van der Waals surface area contributed by atoms with Crippen LogP contribution in [0.4, 0.5) is 0 Å². The third-order valence-corrected chi connectivity index (χ3v) is 5.35. The number of nitrogens with zero attached hydrogens (tertiary/aromatic N) is 1. The van der Waals surface area contributed by atoms with E-state index in [-0.39, 0.29) is 11.3 Å². The van der Waals surface area contributed by atoms with Crippen molar-refractivity contribution in [1.29, 1.82) is 5.26 Å². The summed E-state index contributed by atoms with van der Waals surface area (Å²) in [7, 11) is -3.57. The molecule has 0 aromatic heterocycles. The summed E-state index contributed by atoms with van der Waals surface area (Å²) in [6, 6.07) is 8.21. The predicted octanol–water partition coefficient (Wildman–Crippen LogP) is 1.25. The number of rotatable bonds is 3. The molecule has 2 rings (SSSR count). The Kier molecular flexibility index (Phi) is 2.55. The van der Waals surface area contributed by atoms with E-state index >= 15 is 0 Å². The molecule has 5 heteroatoms. The summed E-state index contributed by atoms with van der Waals surface area (Å²) < 4.78 is 24.3. The lowest BCUT2D eigenvalue weighted by atomic mass is 10.2. The van der Waals surface area contributed by atoms with E-state index in [9.17, 15) is 13.2 Å². The van der Waals surface area contributed by atoms with Gasteiger partial charge in [-0.25, -0.2) is 8.42 Å². The molecule has 0 unspecified atom stereocenters. The molecule has 1 aliphatic carbocycles. The van der Waals surface area contributed by atoms with E-state index in [2.05, 4.69) is 0 Å². The molecular formula is C12H11NO3S. The molecule has 1 aliphatic rings. The van der Waals surface area contributed by atoms with Gasteiger partial charge in [0.1, 0.15) is 11.7 Å².